The Balaban J connectivity index is 1.75. The fourth-order valence-corrected chi connectivity index (χ4v) is 1.84. The number of benzene rings is 1. The Morgan fingerprint density at radius 2 is 2.10 bits per heavy atom. The van der Waals surface area contributed by atoms with Crippen molar-refractivity contribution < 1.29 is 18.7 Å². The molecule has 1 heterocycles. The lowest BCUT2D eigenvalue weighted by atomic mass is 10.2. The lowest BCUT2D eigenvalue weighted by Gasteiger charge is -2.14. The summed E-state index contributed by atoms with van der Waals surface area (Å²) >= 11 is 5.77. The summed E-state index contributed by atoms with van der Waals surface area (Å²) in [6.07, 6.45) is 1.24. The molecule has 1 amide bonds. The van der Waals surface area contributed by atoms with Gasteiger partial charge in [-0.1, -0.05) is 11.6 Å². The maximum Gasteiger partial charge on any atom is 0.258 e. The van der Waals surface area contributed by atoms with Gasteiger partial charge in [-0.05, 0) is 36.4 Å². The summed E-state index contributed by atoms with van der Waals surface area (Å²) in [5.41, 5.74) is 0. The van der Waals surface area contributed by atoms with Crippen molar-refractivity contribution >= 4 is 17.5 Å². The third-order valence-corrected chi connectivity index (χ3v) is 3.07. The van der Waals surface area contributed by atoms with Crippen LogP contribution in [-0.4, -0.2) is 26.2 Å². The van der Waals surface area contributed by atoms with Gasteiger partial charge in [-0.2, -0.15) is 0 Å². The van der Waals surface area contributed by atoms with E-state index < -0.39 is 0 Å². The molecule has 0 radical (unpaired) electrons. The minimum Gasteiger partial charge on any atom is -0.484 e. The molecule has 2 aromatic rings. The van der Waals surface area contributed by atoms with Gasteiger partial charge < -0.3 is 19.2 Å². The molecule has 2 rings (SSSR count). The first-order valence-electron chi connectivity index (χ1n) is 6.40. The van der Waals surface area contributed by atoms with E-state index in [2.05, 4.69) is 5.32 Å². The van der Waals surface area contributed by atoms with Crippen LogP contribution in [-0.2, 0) is 9.53 Å². The number of furan rings is 1. The Kier molecular flexibility index (Phi) is 5.66. The average Bonchev–Trinajstić information content (AvgIpc) is 3.01. The molecule has 1 aromatic carbocycles. The van der Waals surface area contributed by atoms with Gasteiger partial charge in [0, 0.05) is 12.1 Å². The zero-order chi connectivity index (χ0) is 15.1. The van der Waals surface area contributed by atoms with Crippen molar-refractivity contribution in [1.82, 2.24) is 5.32 Å². The molecule has 1 atom stereocenters. The Hall–Kier alpha value is -1.98. The molecule has 0 saturated heterocycles. The third kappa shape index (κ3) is 4.81. The zero-order valence-electron chi connectivity index (χ0n) is 11.5. The highest BCUT2D eigenvalue weighted by Crippen LogP contribution is 2.16. The fraction of sp³-hybridized carbons (Fsp3) is 0.267. The predicted molar refractivity (Wildman–Crippen MR) is 78.4 cm³/mol. The van der Waals surface area contributed by atoms with E-state index in [4.69, 9.17) is 25.5 Å². The van der Waals surface area contributed by atoms with Gasteiger partial charge in [0.15, 0.2) is 6.61 Å². The molecule has 0 aliphatic rings. The summed E-state index contributed by atoms with van der Waals surface area (Å²) < 4.78 is 15.8. The first-order valence-corrected chi connectivity index (χ1v) is 6.78. The van der Waals surface area contributed by atoms with Gasteiger partial charge in [-0.3, -0.25) is 4.79 Å². The lowest BCUT2D eigenvalue weighted by Crippen LogP contribution is -2.32. The predicted octanol–water partition coefficient (Wildman–Crippen LogP) is 2.82. The van der Waals surface area contributed by atoms with Gasteiger partial charge in [-0.15, -0.1) is 0 Å². The summed E-state index contributed by atoms with van der Waals surface area (Å²) in [7, 11) is 1.56. The van der Waals surface area contributed by atoms with Crippen molar-refractivity contribution in [2.45, 2.75) is 6.10 Å². The second kappa shape index (κ2) is 7.71. The quantitative estimate of drug-likeness (QED) is 0.854. The van der Waals surface area contributed by atoms with Crippen molar-refractivity contribution in [3.63, 3.8) is 0 Å². The minimum absolute atomic E-state index is 0.0732. The van der Waals surface area contributed by atoms with Crippen LogP contribution in [0.1, 0.15) is 11.9 Å². The standard InChI is InChI=1S/C15H16ClNO4/c1-19-14(13-3-2-8-20-13)9-17-15(18)10-21-12-6-4-11(16)5-7-12/h2-8,14H,9-10H2,1H3,(H,17,18). The SMILES string of the molecule is COC(CNC(=O)COc1ccc(Cl)cc1)c1ccco1. The van der Waals surface area contributed by atoms with Crippen LogP contribution in [0.25, 0.3) is 0 Å². The van der Waals surface area contributed by atoms with Crippen LogP contribution in [0.15, 0.2) is 47.1 Å². The summed E-state index contributed by atoms with van der Waals surface area (Å²) in [6, 6.07) is 10.4. The largest absolute Gasteiger partial charge is 0.484 e. The van der Waals surface area contributed by atoms with E-state index in [1.54, 1.807) is 49.8 Å². The highest BCUT2D eigenvalue weighted by molar-refractivity contribution is 6.30. The van der Waals surface area contributed by atoms with E-state index in [0.717, 1.165) is 0 Å². The molecule has 6 heteroatoms. The molecule has 0 aliphatic heterocycles. The highest BCUT2D eigenvalue weighted by Gasteiger charge is 2.14. The van der Waals surface area contributed by atoms with Gasteiger partial charge in [0.25, 0.3) is 5.91 Å². The van der Waals surface area contributed by atoms with E-state index in [1.165, 1.54) is 0 Å². The van der Waals surface area contributed by atoms with Gasteiger partial charge in [0.2, 0.25) is 0 Å². The Morgan fingerprint density at radius 3 is 2.71 bits per heavy atom. The number of methoxy groups -OCH3 is 1. The van der Waals surface area contributed by atoms with E-state index in [1.807, 2.05) is 0 Å². The molecule has 0 bridgehead atoms. The second-order valence-electron chi connectivity index (χ2n) is 4.29. The van der Waals surface area contributed by atoms with Crippen molar-refractivity contribution in [1.29, 1.82) is 0 Å². The molecule has 0 aliphatic carbocycles. The van der Waals surface area contributed by atoms with Gasteiger partial charge >= 0.3 is 0 Å². The zero-order valence-corrected chi connectivity index (χ0v) is 12.3. The molecule has 1 N–H and O–H groups in total. The summed E-state index contributed by atoms with van der Waals surface area (Å²) in [4.78, 5) is 11.7. The van der Waals surface area contributed by atoms with Crippen LogP contribution in [0.4, 0.5) is 0 Å². The molecule has 0 spiro atoms. The number of amides is 1. The normalized spacial score (nSPS) is 11.9. The monoisotopic (exact) mass is 309 g/mol. The van der Waals surface area contributed by atoms with E-state index in [0.29, 0.717) is 23.1 Å². The highest BCUT2D eigenvalue weighted by atomic mass is 35.5. The van der Waals surface area contributed by atoms with E-state index in [-0.39, 0.29) is 18.6 Å². The number of hydrogen-bond acceptors (Lipinski definition) is 4. The number of rotatable bonds is 7. The molecular formula is C15H16ClNO4. The Bertz CT molecular complexity index is 554. The first kappa shape index (κ1) is 15.4. The molecule has 1 aromatic heterocycles. The molecule has 21 heavy (non-hydrogen) atoms. The summed E-state index contributed by atoms with van der Waals surface area (Å²) in [5.74, 6) is 1.01. The average molecular weight is 310 g/mol. The van der Waals surface area contributed by atoms with Crippen molar-refractivity contribution in [2.75, 3.05) is 20.3 Å². The van der Waals surface area contributed by atoms with Crippen LogP contribution in [0.3, 0.4) is 0 Å². The van der Waals surface area contributed by atoms with Crippen molar-refractivity contribution in [3.8, 4) is 5.75 Å². The fourth-order valence-electron chi connectivity index (χ4n) is 1.71. The van der Waals surface area contributed by atoms with Crippen LogP contribution in [0.5, 0.6) is 5.75 Å². The first-order chi connectivity index (χ1) is 10.2. The molecule has 112 valence electrons. The number of ether oxygens (including phenoxy) is 2. The smallest absolute Gasteiger partial charge is 0.258 e. The molecule has 0 saturated carbocycles. The van der Waals surface area contributed by atoms with Crippen LogP contribution in [0, 0.1) is 0 Å². The van der Waals surface area contributed by atoms with Gasteiger partial charge in [0.1, 0.15) is 17.6 Å². The maximum atomic E-state index is 11.7. The van der Waals surface area contributed by atoms with Gasteiger partial charge in [0.05, 0.1) is 12.8 Å². The Labute approximate surface area is 127 Å². The van der Waals surface area contributed by atoms with E-state index >= 15 is 0 Å². The number of carbonyl (C=O) groups excluding carboxylic acids is 1. The topological polar surface area (TPSA) is 60.7 Å². The number of nitrogens with one attached hydrogen (secondary N) is 1. The molecular weight excluding hydrogens is 294 g/mol. The Morgan fingerprint density at radius 1 is 1.33 bits per heavy atom. The summed E-state index contributed by atoms with van der Waals surface area (Å²) in [5, 5.41) is 3.35. The van der Waals surface area contributed by atoms with Crippen LogP contribution >= 0.6 is 11.6 Å². The number of hydrogen-bond donors (Lipinski definition) is 1. The minimum atomic E-state index is -0.320. The van der Waals surface area contributed by atoms with E-state index in [9.17, 15) is 4.79 Å². The second-order valence-corrected chi connectivity index (χ2v) is 4.72. The third-order valence-electron chi connectivity index (χ3n) is 2.81. The number of halogens is 1. The summed E-state index contributed by atoms with van der Waals surface area (Å²) in [6.45, 7) is 0.239. The van der Waals surface area contributed by atoms with Gasteiger partial charge in [-0.25, -0.2) is 0 Å². The van der Waals surface area contributed by atoms with Crippen molar-refractivity contribution in [2.24, 2.45) is 0 Å². The maximum absolute atomic E-state index is 11.7. The van der Waals surface area contributed by atoms with Crippen LogP contribution in [0.2, 0.25) is 5.02 Å². The van der Waals surface area contributed by atoms with Crippen LogP contribution < -0.4 is 10.1 Å². The number of carbonyl (C=O) groups is 1. The van der Waals surface area contributed by atoms with Crippen molar-refractivity contribution in [3.05, 3.63) is 53.4 Å². The molecule has 1 unspecified atom stereocenters. The molecule has 5 nitrogen and oxygen atoms in total. The lowest BCUT2D eigenvalue weighted by molar-refractivity contribution is -0.123. The molecule has 0 fully saturated rings.